The van der Waals surface area contributed by atoms with Gasteiger partial charge in [0.15, 0.2) is 0 Å². The molecule has 0 saturated carbocycles. The normalized spacial score (nSPS) is 16.6. The van der Waals surface area contributed by atoms with Crippen LogP contribution in [0.1, 0.15) is 0 Å². The van der Waals surface area contributed by atoms with Gasteiger partial charge in [-0.15, -0.1) is 0 Å². The number of nitrogens with zero attached hydrogens (tertiary/aromatic N) is 3. The van der Waals surface area contributed by atoms with E-state index in [0.29, 0.717) is 24.7 Å². The number of piperazine rings is 1. The Kier molecular flexibility index (Phi) is 2.53. The summed E-state index contributed by atoms with van der Waals surface area (Å²) in [5.74, 6) is 2.46. The molecule has 0 unspecified atom stereocenters. The minimum absolute atomic E-state index is 0.530. The Hall–Kier alpha value is -1.71. The van der Waals surface area contributed by atoms with E-state index in [1.54, 1.807) is 23.4 Å². The van der Waals surface area contributed by atoms with Gasteiger partial charge in [0.25, 0.3) is 0 Å². The molecule has 1 aliphatic rings. The predicted molar refractivity (Wildman–Crippen MR) is 51.5 cm³/mol. The summed E-state index contributed by atoms with van der Waals surface area (Å²) in [4.78, 5) is 20.6. The van der Waals surface area contributed by atoms with Gasteiger partial charge in [0.2, 0.25) is 5.95 Å². The molecule has 72 valence electrons. The van der Waals surface area contributed by atoms with E-state index >= 15 is 0 Å². The SMILES string of the molecule is O=C=C1CNCCN1c1ncccn1. The van der Waals surface area contributed by atoms with E-state index in [1.165, 1.54) is 0 Å². The average molecular weight is 190 g/mol. The summed E-state index contributed by atoms with van der Waals surface area (Å²) < 4.78 is 0. The van der Waals surface area contributed by atoms with Gasteiger partial charge in [-0.3, -0.25) is 0 Å². The maximum atomic E-state index is 10.6. The number of hydrogen-bond donors (Lipinski definition) is 1. The third-order valence-corrected chi connectivity index (χ3v) is 2.04. The lowest BCUT2D eigenvalue weighted by molar-refractivity contribution is 0.558. The third kappa shape index (κ3) is 1.64. The topological polar surface area (TPSA) is 58.1 Å². The molecule has 1 N–H and O–H groups in total. The fraction of sp³-hybridized carbons (Fsp3) is 0.333. The number of anilines is 1. The molecule has 14 heavy (non-hydrogen) atoms. The van der Waals surface area contributed by atoms with Crippen LogP contribution in [0.3, 0.4) is 0 Å². The number of hydrogen-bond acceptors (Lipinski definition) is 5. The summed E-state index contributed by atoms with van der Waals surface area (Å²) >= 11 is 0. The van der Waals surface area contributed by atoms with Crippen LogP contribution in [0.25, 0.3) is 0 Å². The summed E-state index contributed by atoms with van der Waals surface area (Å²) in [5, 5.41) is 3.09. The van der Waals surface area contributed by atoms with Gasteiger partial charge in [0.1, 0.15) is 11.6 Å². The van der Waals surface area contributed by atoms with Gasteiger partial charge >= 0.3 is 0 Å². The van der Waals surface area contributed by atoms with Crippen LogP contribution in [0.4, 0.5) is 5.95 Å². The van der Waals surface area contributed by atoms with Gasteiger partial charge in [-0.05, 0) is 6.07 Å². The maximum Gasteiger partial charge on any atom is 0.230 e. The standard InChI is InChI=1S/C9H10N4O/c14-7-8-6-10-4-5-13(8)9-11-2-1-3-12-9/h1-3,10H,4-6H2. The van der Waals surface area contributed by atoms with E-state index in [9.17, 15) is 4.79 Å². The lowest BCUT2D eigenvalue weighted by Crippen LogP contribution is -2.42. The second kappa shape index (κ2) is 4.00. The highest BCUT2D eigenvalue weighted by Gasteiger charge is 2.18. The van der Waals surface area contributed by atoms with E-state index < -0.39 is 0 Å². The molecule has 2 rings (SSSR count). The zero-order chi connectivity index (χ0) is 9.80. The van der Waals surface area contributed by atoms with Crippen LogP contribution in [0.2, 0.25) is 0 Å². The molecule has 0 atom stereocenters. The molecule has 0 bridgehead atoms. The van der Waals surface area contributed by atoms with Gasteiger partial charge in [-0.2, -0.15) is 0 Å². The Balaban J connectivity index is 2.28. The van der Waals surface area contributed by atoms with Crippen molar-refractivity contribution < 1.29 is 4.79 Å². The molecule has 5 nitrogen and oxygen atoms in total. The summed E-state index contributed by atoms with van der Waals surface area (Å²) in [5.41, 5.74) is 0.558. The minimum Gasteiger partial charge on any atom is -0.309 e. The largest absolute Gasteiger partial charge is 0.309 e. The summed E-state index contributed by atoms with van der Waals surface area (Å²) in [6.45, 7) is 2.06. The third-order valence-electron chi connectivity index (χ3n) is 2.04. The van der Waals surface area contributed by atoms with Crippen LogP contribution in [0, 0.1) is 0 Å². The summed E-state index contributed by atoms with van der Waals surface area (Å²) in [6.07, 6.45) is 3.32. The van der Waals surface area contributed by atoms with Crippen molar-refractivity contribution >= 4 is 11.9 Å². The zero-order valence-corrected chi connectivity index (χ0v) is 7.60. The van der Waals surface area contributed by atoms with Crippen LogP contribution in [-0.2, 0) is 4.79 Å². The van der Waals surface area contributed by atoms with E-state index in [4.69, 9.17) is 0 Å². The Labute approximate surface area is 81.5 Å². The second-order valence-corrected chi connectivity index (χ2v) is 2.93. The van der Waals surface area contributed by atoms with Crippen molar-refractivity contribution in [1.82, 2.24) is 15.3 Å². The fourth-order valence-electron chi connectivity index (χ4n) is 1.37. The second-order valence-electron chi connectivity index (χ2n) is 2.93. The van der Waals surface area contributed by atoms with Crippen molar-refractivity contribution in [3.8, 4) is 0 Å². The molecule has 1 aliphatic heterocycles. The Morgan fingerprint density at radius 3 is 2.93 bits per heavy atom. The molecule has 2 heterocycles. The van der Waals surface area contributed by atoms with Crippen LogP contribution < -0.4 is 10.2 Å². The Morgan fingerprint density at radius 1 is 1.43 bits per heavy atom. The fourth-order valence-corrected chi connectivity index (χ4v) is 1.37. The molecule has 1 fully saturated rings. The van der Waals surface area contributed by atoms with E-state index in [-0.39, 0.29) is 0 Å². The van der Waals surface area contributed by atoms with Crippen LogP contribution in [-0.4, -0.2) is 35.5 Å². The number of rotatable bonds is 1. The van der Waals surface area contributed by atoms with Crippen molar-refractivity contribution in [2.75, 3.05) is 24.5 Å². The molecule has 0 radical (unpaired) electrons. The van der Waals surface area contributed by atoms with Crippen LogP contribution >= 0.6 is 0 Å². The quantitative estimate of drug-likeness (QED) is 0.611. The van der Waals surface area contributed by atoms with Crippen molar-refractivity contribution in [3.05, 3.63) is 24.2 Å². The molecule has 1 aromatic heterocycles. The minimum atomic E-state index is 0.530. The lowest BCUT2D eigenvalue weighted by atomic mass is 10.3. The highest BCUT2D eigenvalue weighted by atomic mass is 16.1. The maximum absolute atomic E-state index is 10.6. The molecule has 5 heteroatoms. The molecule has 0 amide bonds. The molecule has 0 aliphatic carbocycles. The van der Waals surface area contributed by atoms with Crippen molar-refractivity contribution in [3.63, 3.8) is 0 Å². The number of aromatic nitrogens is 2. The number of nitrogens with one attached hydrogen (secondary N) is 1. The van der Waals surface area contributed by atoms with Gasteiger partial charge in [-0.25, -0.2) is 14.8 Å². The molecular formula is C9H10N4O. The monoisotopic (exact) mass is 190 g/mol. The summed E-state index contributed by atoms with van der Waals surface area (Å²) in [6, 6.07) is 1.75. The first-order chi connectivity index (χ1) is 6.92. The molecule has 1 aromatic rings. The van der Waals surface area contributed by atoms with E-state index in [2.05, 4.69) is 15.3 Å². The van der Waals surface area contributed by atoms with Gasteiger partial charge in [0.05, 0.1) is 0 Å². The zero-order valence-electron chi connectivity index (χ0n) is 7.60. The first-order valence-electron chi connectivity index (χ1n) is 4.41. The number of carbonyl (C=O) groups excluding carboxylic acids is 1. The van der Waals surface area contributed by atoms with Gasteiger partial charge in [0, 0.05) is 32.0 Å². The average Bonchev–Trinajstić information content (AvgIpc) is 2.30. The first kappa shape index (κ1) is 8.87. The smallest absolute Gasteiger partial charge is 0.230 e. The lowest BCUT2D eigenvalue weighted by Gasteiger charge is -2.27. The first-order valence-corrected chi connectivity index (χ1v) is 4.41. The van der Waals surface area contributed by atoms with Crippen molar-refractivity contribution in [2.24, 2.45) is 0 Å². The van der Waals surface area contributed by atoms with Crippen molar-refractivity contribution in [1.29, 1.82) is 0 Å². The van der Waals surface area contributed by atoms with E-state index in [0.717, 1.165) is 6.54 Å². The van der Waals surface area contributed by atoms with Crippen LogP contribution in [0.15, 0.2) is 24.2 Å². The Morgan fingerprint density at radius 2 is 2.21 bits per heavy atom. The molecule has 0 spiro atoms. The molecule has 0 aromatic carbocycles. The van der Waals surface area contributed by atoms with E-state index in [1.807, 2.05) is 5.94 Å². The van der Waals surface area contributed by atoms with Gasteiger partial charge in [-0.1, -0.05) is 0 Å². The Bertz CT molecular complexity index is 358. The summed E-state index contributed by atoms with van der Waals surface area (Å²) in [7, 11) is 0. The van der Waals surface area contributed by atoms with Gasteiger partial charge < -0.3 is 10.2 Å². The van der Waals surface area contributed by atoms with Crippen molar-refractivity contribution in [2.45, 2.75) is 0 Å². The highest BCUT2D eigenvalue weighted by Crippen LogP contribution is 2.11. The molecule has 1 saturated heterocycles. The molecular weight excluding hydrogens is 180 g/mol. The van der Waals surface area contributed by atoms with Crippen LogP contribution in [0.5, 0.6) is 0 Å². The highest BCUT2D eigenvalue weighted by molar-refractivity contribution is 5.61. The predicted octanol–water partition coefficient (Wildman–Crippen LogP) is -0.398.